The van der Waals surface area contributed by atoms with Crippen LogP contribution in [0.4, 0.5) is 4.39 Å². The van der Waals surface area contributed by atoms with E-state index < -0.39 is 5.97 Å². The minimum atomic E-state index is -0.808. The number of hydrogen-bond acceptors (Lipinski definition) is 3. The first-order valence-electron chi connectivity index (χ1n) is 7.18. The minimum absolute atomic E-state index is 0.122. The Balaban J connectivity index is 1.80. The zero-order chi connectivity index (χ0) is 15.9. The molecule has 1 aliphatic carbocycles. The lowest BCUT2D eigenvalue weighted by Gasteiger charge is -2.12. The second-order valence-electron chi connectivity index (χ2n) is 5.69. The summed E-state index contributed by atoms with van der Waals surface area (Å²) < 4.78 is 14.6. The fourth-order valence-corrected chi connectivity index (χ4v) is 4.18. The molecule has 3 rings (SSSR count). The Labute approximate surface area is 130 Å². The molecular formula is C16H16FNO3S. The molecular weight excluding hydrogens is 305 g/mol. The molecule has 22 heavy (non-hydrogen) atoms. The monoisotopic (exact) mass is 321 g/mol. The number of thiophene rings is 1. The van der Waals surface area contributed by atoms with Crippen LogP contribution in [0.1, 0.15) is 34.5 Å². The number of aliphatic carboxylic acids is 1. The Morgan fingerprint density at radius 2 is 2.14 bits per heavy atom. The van der Waals surface area contributed by atoms with Crippen molar-refractivity contribution in [3.8, 4) is 0 Å². The van der Waals surface area contributed by atoms with Gasteiger partial charge in [-0.05, 0) is 43.9 Å². The van der Waals surface area contributed by atoms with Crippen molar-refractivity contribution in [1.82, 2.24) is 5.32 Å². The Morgan fingerprint density at radius 1 is 1.36 bits per heavy atom. The smallest absolute Gasteiger partial charge is 0.306 e. The first kappa shape index (κ1) is 15.0. The van der Waals surface area contributed by atoms with Gasteiger partial charge in [-0.15, -0.1) is 11.3 Å². The number of hydrogen-bond donors (Lipinski definition) is 2. The molecule has 1 fully saturated rings. The lowest BCUT2D eigenvalue weighted by molar-refractivity contribution is -0.141. The van der Waals surface area contributed by atoms with E-state index in [1.165, 1.54) is 17.4 Å². The Hall–Kier alpha value is -1.95. The van der Waals surface area contributed by atoms with Gasteiger partial charge in [0.1, 0.15) is 5.82 Å². The van der Waals surface area contributed by atoms with E-state index in [2.05, 4.69) is 5.32 Å². The topological polar surface area (TPSA) is 66.4 Å². The number of carboxylic acids is 1. The molecule has 2 N–H and O–H groups in total. The van der Waals surface area contributed by atoms with Gasteiger partial charge in [-0.25, -0.2) is 4.39 Å². The number of amides is 1. The summed E-state index contributed by atoms with van der Waals surface area (Å²) in [6.45, 7) is 1.74. The van der Waals surface area contributed by atoms with Crippen LogP contribution >= 0.6 is 11.3 Å². The molecule has 0 aliphatic heterocycles. The molecule has 0 spiro atoms. The molecule has 6 heteroatoms. The van der Waals surface area contributed by atoms with E-state index in [0.717, 1.165) is 4.70 Å². The highest BCUT2D eigenvalue weighted by Crippen LogP contribution is 2.33. The van der Waals surface area contributed by atoms with Crippen LogP contribution in [0.25, 0.3) is 10.1 Å². The summed E-state index contributed by atoms with van der Waals surface area (Å²) in [6.07, 6.45) is 1.71. The molecule has 1 aromatic carbocycles. The summed E-state index contributed by atoms with van der Waals surface area (Å²) in [4.78, 5) is 23.9. The van der Waals surface area contributed by atoms with Gasteiger partial charge < -0.3 is 10.4 Å². The third-order valence-electron chi connectivity index (χ3n) is 4.23. The zero-order valence-electron chi connectivity index (χ0n) is 12.1. The van der Waals surface area contributed by atoms with Crippen LogP contribution in [0.2, 0.25) is 0 Å². The Bertz CT molecular complexity index is 755. The molecule has 1 aliphatic rings. The zero-order valence-corrected chi connectivity index (χ0v) is 12.9. The first-order chi connectivity index (χ1) is 10.5. The number of halogens is 1. The van der Waals surface area contributed by atoms with Crippen molar-refractivity contribution in [2.24, 2.45) is 5.92 Å². The molecule has 1 heterocycles. The van der Waals surface area contributed by atoms with Crippen LogP contribution < -0.4 is 5.32 Å². The average Bonchev–Trinajstić information content (AvgIpc) is 3.05. The summed E-state index contributed by atoms with van der Waals surface area (Å²) in [5.74, 6) is -1.76. The summed E-state index contributed by atoms with van der Waals surface area (Å²) >= 11 is 1.27. The number of carbonyl (C=O) groups excluding carboxylic acids is 1. The Kier molecular flexibility index (Phi) is 3.87. The van der Waals surface area contributed by atoms with E-state index >= 15 is 0 Å². The van der Waals surface area contributed by atoms with E-state index in [4.69, 9.17) is 5.11 Å². The Morgan fingerprint density at radius 3 is 2.77 bits per heavy atom. The van der Waals surface area contributed by atoms with Gasteiger partial charge in [0.2, 0.25) is 0 Å². The van der Waals surface area contributed by atoms with Gasteiger partial charge in [0.15, 0.2) is 0 Å². The van der Waals surface area contributed by atoms with E-state index in [9.17, 15) is 14.0 Å². The molecule has 116 valence electrons. The second-order valence-corrected chi connectivity index (χ2v) is 6.74. The molecule has 0 saturated heterocycles. The van der Waals surface area contributed by atoms with Crippen LogP contribution in [0.5, 0.6) is 0 Å². The van der Waals surface area contributed by atoms with Crippen LogP contribution in [0.15, 0.2) is 18.2 Å². The van der Waals surface area contributed by atoms with E-state index in [0.29, 0.717) is 35.1 Å². The number of rotatable bonds is 3. The molecule has 2 aromatic rings. The maximum Gasteiger partial charge on any atom is 0.306 e. The van der Waals surface area contributed by atoms with Gasteiger partial charge in [0, 0.05) is 16.1 Å². The van der Waals surface area contributed by atoms with Crippen molar-refractivity contribution >= 4 is 33.3 Å². The third-order valence-corrected chi connectivity index (χ3v) is 5.48. The van der Waals surface area contributed by atoms with E-state index in [1.807, 2.05) is 0 Å². The summed E-state index contributed by atoms with van der Waals surface area (Å²) in [5, 5.41) is 12.4. The first-order valence-corrected chi connectivity index (χ1v) is 8.00. The van der Waals surface area contributed by atoms with Crippen molar-refractivity contribution in [2.75, 3.05) is 0 Å². The van der Waals surface area contributed by atoms with Crippen molar-refractivity contribution in [1.29, 1.82) is 0 Å². The van der Waals surface area contributed by atoms with E-state index in [1.54, 1.807) is 19.1 Å². The number of carboxylic acid groups (broad SMARTS) is 1. The summed E-state index contributed by atoms with van der Waals surface area (Å²) in [7, 11) is 0. The predicted octanol–water partition coefficient (Wildman–Crippen LogP) is 3.33. The molecule has 0 bridgehead atoms. The van der Waals surface area contributed by atoms with Crippen molar-refractivity contribution in [3.05, 3.63) is 34.5 Å². The highest BCUT2D eigenvalue weighted by Gasteiger charge is 2.31. The lowest BCUT2D eigenvalue weighted by Crippen LogP contribution is -2.33. The number of nitrogens with one attached hydrogen (secondary N) is 1. The number of carbonyl (C=O) groups is 2. The van der Waals surface area contributed by atoms with Crippen LogP contribution in [-0.2, 0) is 4.79 Å². The fraction of sp³-hybridized carbons (Fsp3) is 0.375. The highest BCUT2D eigenvalue weighted by molar-refractivity contribution is 7.21. The van der Waals surface area contributed by atoms with Gasteiger partial charge in [-0.1, -0.05) is 6.07 Å². The standard InChI is InChI=1S/C16H16FNO3S/c1-8-13-11(17)3-2-4-12(13)22-14(8)15(19)18-10-6-5-9(7-10)16(20)21/h2-4,9-10H,5-7H2,1H3,(H,18,19)(H,20,21)/t9-,10+/m1/s1. The second kappa shape index (κ2) is 5.68. The summed E-state index contributed by atoms with van der Waals surface area (Å²) in [6, 6.07) is 4.69. The lowest BCUT2D eigenvalue weighted by atomic mass is 10.1. The largest absolute Gasteiger partial charge is 0.481 e. The van der Waals surface area contributed by atoms with Crippen LogP contribution in [0, 0.1) is 18.7 Å². The van der Waals surface area contributed by atoms with E-state index in [-0.39, 0.29) is 23.7 Å². The number of benzene rings is 1. The molecule has 2 atom stereocenters. The molecule has 1 amide bonds. The third kappa shape index (κ3) is 2.59. The quantitative estimate of drug-likeness (QED) is 0.911. The molecule has 1 aromatic heterocycles. The maximum atomic E-state index is 13.9. The normalized spacial score (nSPS) is 21.2. The maximum absolute atomic E-state index is 13.9. The predicted molar refractivity (Wildman–Crippen MR) is 82.8 cm³/mol. The highest BCUT2D eigenvalue weighted by atomic mass is 32.1. The van der Waals surface area contributed by atoms with Crippen LogP contribution in [-0.4, -0.2) is 23.0 Å². The van der Waals surface area contributed by atoms with Crippen molar-refractivity contribution < 1.29 is 19.1 Å². The van der Waals surface area contributed by atoms with Gasteiger partial charge in [-0.3, -0.25) is 9.59 Å². The van der Waals surface area contributed by atoms with Gasteiger partial charge in [0.25, 0.3) is 5.91 Å². The van der Waals surface area contributed by atoms with Gasteiger partial charge in [0.05, 0.1) is 10.8 Å². The molecule has 0 radical (unpaired) electrons. The van der Waals surface area contributed by atoms with Crippen molar-refractivity contribution in [3.63, 3.8) is 0 Å². The van der Waals surface area contributed by atoms with Crippen molar-refractivity contribution in [2.45, 2.75) is 32.2 Å². The molecule has 1 saturated carbocycles. The van der Waals surface area contributed by atoms with Crippen LogP contribution in [0.3, 0.4) is 0 Å². The number of aryl methyl sites for hydroxylation is 1. The fourth-order valence-electron chi connectivity index (χ4n) is 3.06. The van der Waals surface area contributed by atoms with Gasteiger partial charge >= 0.3 is 5.97 Å². The number of fused-ring (bicyclic) bond motifs is 1. The summed E-state index contributed by atoms with van der Waals surface area (Å²) in [5.41, 5.74) is 0.642. The average molecular weight is 321 g/mol. The molecule has 4 nitrogen and oxygen atoms in total. The van der Waals surface area contributed by atoms with Gasteiger partial charge in [-0.2, -0.15) is 0 Å². The minimum Gasteiger partial charge on any atom is -0.481 e. The molecule has 0 unspecified atom stereocenters. The SMILES string of the molecule is Cc1c(C(=O)N[C@H]2CC[C@@H](C(=O)O)C2)sc2cccc(F)c12.